The molecule has 4 heteroatoms. The third kappa shape index (κ3) is 4.48. The fraction of sp³-hybridized carbons (Fsp3) is 0.222. The molecule has 1 N–H and O–H groups in total. The van der Waals surface area contributed by atoms with Crippen molar-refractivity contribution in [1.29, 1.82) is 5.26 Å². The minimum atomic E-state index is -2.03. The highest BCUT2D eigenvalue weighted by atomic mass is 28.4. The van der Waals surface area contributed by atoms with E-state index in [9.17, 15) is 5.26 Å². The summed E-state index contributed by atoms with van der Waals surface area (Å²) in [5.74, 6) is 0.00792. The fourth-order valence-corrected chi connectivity index (χ4v) is 5.64. The van der Waals surface area contributed by atoms with Crippen molar-refractivity contribution in [1.82, 2.24) is 4.98 Å². The molecule has 0 fully saturated rings. The number of rotatable bonds is 7. The Labute approximate surface area is 185 Å². The predicted octanol–water partition coefficient (Wildman–Crippen LogP) is 6.96. The predicted molar refractivity (Wildman–Crippen MR) is 129 cm³/mol. The molecule has 0 saturated carbocycles. The maximum Gasteiger partial charge on any atom is 0.186 e. The van der Waals surface area contributed by atoms with Crippen LogP contribution in [0.4, 0.5) is 0 Å². The van der Waals surface area contributed by atoms with Crippen LogP contribution in [0.25, 0.3) is 10.9 Å². The Kier molecular flexibility index (Phi) is 5.82. The number of nitrogens with one attached hydrogen (secondary N) is 1. The summed E-state index contributed by atoms with van der Waals surface area (Å²) in [6.45, 7) is 6.43. The number of aromatic nitrogens is 1. The van der Waals surface area contributed by atoms with Gasteiger partial charge in [-0.05, 0) is 42.4 Å². The summed E-state index contributed by atoms with van der Waals surface area (Å²) in [7, 11) is -2.03. The molecule has 0 saturated heterocycles. The Morgan fingerprint density at radius 2 is 1.52 bits per heavy atom. The second-order valence-corrected chi connectivity index (χ2v) is 13.4. The van der Waals surface area contributed by atoms with E-state index < -0.39 is 13.9 Å². The Morgan fingerprint density at radius 1 is 0.903 bits per heavy atom. The maximum absolute atomic E-state index is 10.5. The molecule has 4 aromatic rings. The quantitative estimate of drug-likeness (QED) is 0.326. The van der Waals surface area contributed by atoms with Crippen LogP contribution in [-0.4, -0.2) is 13.3 Å². The van der Waals surface area contributed by atoms with Crippen LogP contribution >= 0.6 is 0 Å². The number of hydrogen-bond donors (Lipinski definition) is 1. The van der Waals surface area contributed by atoms with E-state index >= 15 is 0 Å². The van der Waals surface area contributed by atoms with Crippen LogP contribution in [-0.2, 0) is 10.0 Å². The molecule has 3 nitrogen and oxygen atoms in total. The van der Waals surface area contributed by atoms with E-state index in [0.717, 1.165) is 11.1 Å². The molecule has 0 spiro atoms. The monoisotopic (exact) mass is 424 g/mol. The first-order valence-corrected chi connectivity index (χ1v) is 14.1. The summed E-state index contributed by atoms with van der Waals surface area (Å²) in [4.78, 5) is 3.42. The first kappa shape index (κ1) is 21.1. The molecule has 31 heavy (non-hydrogen) atoms. The molecular formula is C27H28N2OSi. The van der Waals surface area contributed by atoms with Gasteiger partial charge in [0.1, 0.15) is 6.07 Å². The molecule has 0 bridgehead atoms. The van der Waals surface area contributed by atoms with Gasteiger partial charge < -0.3 is 9.41 Å². The van der Waals surface area contributed by atoms with E-state index in [-0.39, 0.29) is 5.92 Å². The van der Waals surface area contributed by atoms with Crippen LogP contribution in [0.3, 0.4) is 0 Å². The van der Waals surface area contributed by atoms with Crippen LogP contribution in [0.1, 0.15) is 29.0 Å². The molecule has 0 radical (unpaired) electrons. The van der Waals surface area contributed by atoms with Crippen molar-refractivity contribution in [3.05, 3.63) is 108 Å². The maximum atomic E-state index is 10.5. The number of hydrogen-bond acceptors (Lipinski definition) is 2. The summed E-state index contributed by atoms with van der Waals surface area (Å²) in [5.41, 5.74) is 3.37. The normalized spacial score (nSPS) is 14.6. The van der Waals surface area contributed by atoms with E-state index in [4.69, 9.17) is 4.43 Å². The molecule has 0 amide bonds. The lowest BCUT2D eigenvalue weighted by atomic mass is 9.79. The number of fused-ring (bicyclic) bond motifs is 1. The number of nitriles is 1. The Hall–Kier alpha value is -3.13. The highest BCUT2D eigenvalue weighted by Crippen LogP contribution is 2.43. The van der Waals surface area contributed by atoms with E-state index in [1.807, 2.05) is 42.5 Å². The van der Waals surface area contributed by atoms with Crippen molar-refractivity contribution >= 4 is 19.2 Å². The Morgan fingerprint density at radius 3 is 2.16 bits per heavy atom. The number of aromatic amines is 1. The first-order chi connectivity index (χ1) is 14.9. The first-order valence-electron chi connectivity index (χ1n) is 10.7. The van der Waals surface area contributed by atoms with Gasteiger partial charge in [-0.15, -0.1) is 0 Å². The number of H-pyrrole nitrogens is 1. The zero-order valence-corrected chi connectivity index (χ0v) is 19.3. The molecule has 4 rings (SSSR count). The highest BCUT2D eigenvalue weighted by Gasteiger charge is 2.41. The van der Waals surface area contributed by atoms with Crippen LogP contribution < -0.4 is 0 Å². The molecule has 2 atom stereocenters. The van der Waals surface area contributed by atoms with Gasteiger partial charge in [0.05, 0.1) is 0 Å². The van der Waals surface area contributed by atoms with Crippen LogP contribution in [0.15, 0.2) is 91.1 Å². The average molecular weight is 425 g/mol. The zero-order valence-electron chi connectivity index (χ0n) is 18.3. The van der Waals surface area contributed by atoms with Crippen LogP contribution in [0.5, 0.6) is 0 Å². The lowest BCUT2D eigenvalue weighted by Crippen LogP contribution is -2.41. The van der Waals surface area contributed by atoms with Crippen molar-refractivity contribution in [2.45, 2.75) is 37.6 Å². The molecule has 1 heterocycles. The third-order valence-electron chi connectivity index (χ3n) is 5.59. The van der Waals surface area contributed by atoms with Crippen LogP contribution in [0.2, 0.25) is 19.6 Å². The SMILES string of the molecule is C[Si](C)(C)OC(C#N)(CC(c1ccccc1)c1c[nH]c2ccccc12)c1ccccc1. The second-order valence-electron chi connectivity index (χ2n) is 8.98. The molecule has 3 aromatic carbocycles. The van der Waals surface area contributed by atoms with Crippen LogP contribution in [0, 0.1) is 11.3 Å². The molecule has 1 aromatic heterocycles. The largest absolute Gasteiger partial charge is 0.396 e. The van der Waals surface area contributed by atoms with Gasteiger partial charge in [0.2, 0.25) is 0 Å². The van der Waals surface area contributed by atoms with Gasteiger partial charge in [-0.2, -0.15) is 5.26 Å². The molecule has 0 aliphatic rings. The van der Waals surface area contributed by atoms with Crippen molar-refractivity contribution in [3.63, 3.8) is 0 Å². The zero-order chi connectivity index (χ0) is 21.9. The average Bonchev–Trinajstić information content (AvgIpc) is 3.21. The summed E-state index contributed by atoms with van der Waals surface area (Å²) in [6.07, 6.45) is 2.63. The van der Waals surface area contributed by atoms with E-state index in [2.05, 4.69) is 79.4 Å². The molecule has 0 aliphatic heterocycles. The van der Waals surface area contributed by atoms with Crippen molar-refractivity contribution in [2.24, 2.45) is 0 Å². The van der Waals surface area contributed by atoms with E-state index in [1.165, 1.54) is 16.5 Å². The lowest BCUT2D eigenvalue weighted by Gasteiger charge is -2.37. The van der Waals surface area contributed by atoms with E-state index in [0.29, 0.717) is 6.42 Å². The van der Waals surface area contributed by atoms with Gasteiger partial charge in [-0.3, -0.25) is 0 Å². The van der Waals surface area contributed by atoms with Gasteiger partial charge in [0, 0.05) is 29.4 Å². The smallest absolute Gasteiger partial charge is 0.186 e. The number of para-hydroxylation sites is 1. The summed E-state index contributed by atoms with van der Waals surface area (Å²) in [6, 6.07) is 31.4. The standard InChI is InChI=1S/C27H28N2OSi/c1-31(2,3)30-27(20-28,22-14-8-5-9-15-22)18-24(21-12-6-4-7-13-21)25-19-29-26-17-11-10-16-23(25)26/h4-17,19,24,29H,18H2,1-3H3. The molecule has 2 unspecified atom stereocenters. The third-order valence-corrected chi connectivity index (χ3v) is 6.55. The lowest BCUT2D eigenvalue weighted by molar-refractivity contribution is 0.104. The van der Waals surface area contributed by atoms with Gasteiger partial charge in [0.25, 0.3) is 0 Å². The van der Waals surface area contributed by atoms with Gasteiger partial charge >= 0.3 is 0 Å². The second kappa shape index (κ2) is 8.54. The van der Waals surface area contributed by atoms with Crippen molar-refractivity contribution in [3.8, 4) is 6.07 Å². The summed E-state index contributed by atoms with van der Waals surface area (Å²) >= 11 is 0. The molecule has 156 valence electrons. The van der Waals surface area contributed by atoms with Gasteiger partial charge in [0.15, 0.2) is 13.9 Å². The summed E-state index contributed by atoms with van der Waals surface area (Å²) in [5, 5.41) is 11.7. The minimum Gasteiger partial charge on any atom is -0.396 e. The minimum absolute atomic E-state index is 0.00792. The number of nitrogens with zero attached hydrogens (tertiary/aromatic N) is 1. The topological polar surface area (TPSA) is 48.8 Å². The van der Waals surface area contributed by atoms with Crippen molar-refractivity contribution < 1.29 is 4.43 Å². The number of benzene rings is 3. The Bertz CT molecular complexity index is 1190. The van der Waals surface area contributed by atoms with Crippen molar-refractivity contribution in [2.75, 3.05) is 0 Å². The van der Waals surface area contributed by atoms with E-state index in [1.54, 1.807) is 0 Å². The summed E-state index contributed by atoms with van der Waals surface area (Å²) < 4.78 is 6.69. The molecular weight excluding hydrogens is 396 g/mol. The molecule has 0 aliphatic carbocycles. The highest BCUT2D eigenvalue weighted by molar-refractivity contribution is 6.69. The Balaban J connectivity index is 1.89. The van der Waals surface area contributed by atoms with Gasteiger partial charge in [-0.1, -0.05) is 78.9 Å². The fourth-order valence-electron chi connectivity index (χ4n) is 4.34. The van der Waals surface area contributed by atoms with Gasteiger partial charge in [-0.25, -0.2) is 0 Å².